The minimum Gasteiger partial charge on any atom is -0.492 e. The van der Waals surface area contributed by atoms with Gasteiger partial charge >= 0.3 is 0 Å². The molecule has 2 amide bonds. The third kappa shape index (κ3) is 4.08. The van der Waals surface area contributed by atoms with E-state index in [1.54, 1.807) is 48.5 Å². The van der Waals surface area contributed by atoms with E-state index in [1.807, 2.05) is 6.92 Å². The summed E-state index contributed by atoms with van der Waals surface area (Å²) in [4.78, 5) is 37.1. The number of hydrogen-bond acceptors (Lipinski definition) is 7. The van der Waals surface area contributed by atoms with Gasteiger partial charge in [-0.25, -0.2) is 4.90 Å². The molecular weight excluding hydrogens is 420 g/mol. The summed E-state index contributed by atoms with van der Waals surface area (Å²) >= 11 is 0.817. The monoisotopic (exact) mass is 436 g/mol. The maximum absolute atomic E-state index is 12.9. The van der Waals surface area contributed by atoms with Crippen LogP contribution in [0.2, 0.25) is 0 Å². The Labute approximate surface area is 181 Å². The third-order valence-corrected chi connectivity index (χ3v) is 5.33. The molecule has 0 atom stereocenters. The number of ether oxygens (including phenoxy) is 1. The molecule has 1 aliphatic rings. The molecule has 0 aliphatic carbocycles. The Bertz CT molecular complexity index is 1200. The zero-order valence-corrected chi connectivity index (χ0v) is 17.1. The van der Waals surface area contributed by atoms with Crippen molar-refractivity contribution in [2.45, 2.75) is 6.92 Å². The average Bonchev–Trinajstić information content (AvgIpc) is 3.33. The van der Waals surface area contributed by atoms with Gasteiger partial charge in [-0.2, -0.15) is 0 Å². The van der Waals surface area contributed by atoms with Crippen molar-refractivity contribution >= 4 is 40.4 Å². The first-order valence-corrected chi connectivity index (χ1v) is 10.1. The van der Waals surface area contributed by atoms with Crippen molar-refractivity contribution in [3.05, 3.63) is 81.4 Å². The summed E-state index contributed by atoms with van der Waals surface area (Å²) in [6, 6.07) is 16.2. The van der Waals surface area contributed by atoms with Gasteiger partial charge in [0.2, 0.25) is 0 Å². The van der Waals surface area contributed by atoms with Gasteiger partial charge in [0.25, 0.3) is 16.8 Å². The van der Waals surface area contributed by atoms with E-state index in [0.717, 1.165) is 16.7 Å². The zero-order valence-electron chi connectivity index (χ0n) is 16.3. The number of amides is 2. The maximum atomic E-state index is 12.9. The number of hydrogen-bond donors (Lipinski definition) is 0. The Morgan fingerprint density at radius 2 is 1.84 bits per heavy atom. The number of carbonyl (C=O) groups is 2. The van der Waals surface area contributed by atoms with Crippen molar-refractivity contribution in [2.75, 3.05) is 11.5 Å². The van der Waals surface area contributed by atoms with Gasteiger partial charge in [-0.3, -0.25) is 19.7 Å². The Kier molecular flexibility index (Phi) is 5.59. The molecule has 1 fully saturated rings. The molecule has 0 unspecified atom stereocenters. The fraction of sp³-hybridized carbons (Fsp3) is 0.0909. The standard InChI is InChI=1S/C22H16N2O6S/c1-2-29-19-6-4-3-5-17(19)23-21(25)20(31-22(23)26)13-16-11-12-18(30-16)14-7-9-15(10-8-14)24(27)28/h3-13H,2H2,1H3/b20-13+. The number of non-ortho nitro benzene ring substituents is 1. The lowest BCUT2D eigenvalue weighted by molar-refractivity contribution is -0.384. The number of benzene rings is 2. The topological polar surface area (TPSA) is 103 Å². The van der Waals surface area contributed by atoms with Crippen LogP contribution in [-0.4, -0.2) is 22.7 Å². The number of imide groups is 1. The van der Waals surface area contributed by atoms with Crippen molar-refractivity contribution in [1.82, 2.24) is 0 Å². The van der Waals surface area contributed by atoms with Crippen LogP contribution < -0.4 is 9.64 Å². The number of rotatable bonds is 6. The number of nitrogens with zero attached hydrogens (tertiary/aromatic N) is 2. The van der Waals surface area contributed by atoms with E-state index in [9.17, 15) is 19.7 Å². The van der Waals surface area contributed by atoms with Gasteiger partial charge in [-0.1, -0.05) is 12.1 Å². The highest BCUT2D eigenvalue weighted by molar-refractivity contribution is 8.19. The zero-order chi connectivity index (χ0) is 22.0. The summed E-state index contributed by atoms with van der Waals surface area (Å²) in [5.41, 5.74) is 1.03. The van der Waals surface area contributed by atoms with Gasteiger partial charge in [0.15, 0.2) is 0 Å². The van der Waals surface area contributed by atoms with E-state index in [0.29, 0.717) is 35.1 Å². The molecule has 0 spiro atoms. The molecule has 2 heterocycles. The first-order valence-electron chi connectivity index (χ1n) is 9.32. The van der Waals surface area contributed by atoms with Crippen LogP contribution in [0.3, 0.4) is 0 Å². The second-order valence-electron chi connectivity index (χ2n) is 6.42. The second-order valence-corrected chi connectivity index (χ2v) is 7.42. The minimum atomic E-state index is -0.475. The van der Waals surface area contributed by atoms with Crippen molar-refractivity contribution in [2.24, 2.45) is 0 Å². The van der Waals surface area contributed by atoms with E-state index in [-0.39, 0.29) is 10.6 Å². The highest BCUT2D eigenvalue weighted by atomic mass is 32.2. The Hall–Kier alpha value is -3.85. The number of furan rings is 1. The Morgan fingerprint density at radius 3 is 2.55 bits per heavy atom. The first kappa shape index (κ1) is 20.4. The summed E-state index contributed by atoms with van der Waals surface area (Å²) in [5.74, 6) is 0.862. The number of para-hydroxylation sites is 2. The Morgan fingerprint density at radius 1 is 1.10 bits per heavy atom. The molecule has 8 nitrogen and oxygen atoms in total. The fourth-order valence-corrected chi connectivity index (χ4v) is 3.87. The average molecular weight is 436 g/mol. The van der Waals surface area contributed by atoms with Crippen LogP contribution in [0.25, 0.3) is 17.4 Å². The summed E-state index contributed by atoms with van der Waals surface area (Å²) in [5, 5.41) is 10.4. The molecule has 1 aromatic heterocycles. The van der Waals surface area contributed by atoms with Gasteiger partial charge in [0.1, 0.15) is 17.3 Å². The minimum absolute atomic E-state index is 0.0171. The number of carbonyl (C=O) groups excluding carboxylic acids is 2. The summed E-state index contributed by atoms with van der Waals surface area (Å²) < 4.78 is 11.3. The van der Waals surface area contributed by atoms with Crippen LogP contribution >= 0.6 is 11.8 Å². The van der Waals surface area contributed by atoms with Crippen LogP contribution in [0, 0.1) is 10.1 Å². The van der Waals surface area contributed by atoms with Crippen LogP contribution in [-0.2, 0) is 4.79 Å². The van der Waals surface area contributed by atoms with Gasteiger partial charge in [-0.15, -0.1) is 0 Å². The quantitative estimate of drug-likeness (QED) is 0.286. The van der Waals surface area contributed by atoms with Gasteiger partial charge in [-0.05, 0) is 55.1 Å². The summed E-state index contributed by atoms with van der Waals surface area (Å²) in [6.45, 7) is 2.23. The van der Waals surface area contributed by atoms with Gasteiger partial charge < -0.3 is 9.15 Å². The second kappa shape index (κ2) is 8.49. The van der Waals surface area contributed by atoms with Gasteiger partial charge in [0.05, 0.1) is 22.1 Å². The smallest absolute Gasteiger partial charge is 0.298 e. The van der Waals surface area contributed by atoms with Crippen LogP contribution in [0.4, 0.5) is 16.2 Å². The lowest BCUT2D eigenvalue weighted by atomic mass is 10.1. The van der Waals surface area contributed by atoms with Gasteiger partial charge in [0, 0.05) is 23.8 Å². The highest BCUT2D eigenvalue weighted by Crippen LogP contribution is 2.40. The first-order chi connectivity index (χ1) is 15.0. The molecule has 2 aromatic carbocycles. The normalized spacial score (nSPS) is 15.0. The fourth-order valence-electron chi connectivity index (χ4n) is 3.06. The molecule has 0 radical (unpaired) electrons. The molecule has 31 heavy (non-hydrogen) atoms. The molecule has 0 bridgehead atoms. The van der Waals surface area contributed by atoms with E-state index in [1.165, 1.54) is 18.2 Å². The van der Waals surface area contributed by atoms with Crippen LogP contribution in [0.1, 0.15) is 12.7 Å². The molecule has 9 heteroatoms. The maximum Gasteiger partial charge on any atom is 0.298 e. The number of nitro benzene ring substituents is 1. The van der Waals surface area contributed by atoms with Crippen molar-refractivity contribution < 1.29 is 23.7 Å². The molecule has 1 aliphatic heterocycles. The lowest BCUT2D eigenvalue weighted by Gasteiger charge is -2.16. The number of thioether (sulfide) groups is 1. The van der Waals surface area contributed by atoms with Crippen molar-refractivity contribution in [3.8, 4) is 17.1 Å². The van der Waals surface area contributed by atoms with E-state index >= 15 is 0 Å². The predicted molar refractivity (Wildman–Crippen MR) is 117 cm³/mol. The lowest BCUT2D eigenvalue weighted by Crippen LogP contribution is -2.28. The summed E-state index contributed by atoms with van der Waals surface area (Å²) in [7, 11) is 0. The predicted octanol–water partition coefficient (Wildman–Crippen LogP) is 5.49. The number of anilines is 1. The third-order valence-electron chi connectivity index (χ3n) is 4.46. The SMILES string of the molecule is CCOc1ccccc1N1C(=O)S/C(=C/c2ccc(-c3ccc([N+](=O)[O-])cc3)o2)C1=O. The molecule has 0 N–H and O–H groups in total. The highest BCUT2D eigenvalue weighted by Gasteiger charge is 2.38. The largest absolute Gasteiger partial charge is 0.492 e. The molecule has 1 saturated heterocycles. The number of nitro groups is 1. The van der Waals surface area contributed by atoms with Crippen molar-refractivity contribution in [1.29, 1.82) is 0 Å². The van der Waals surface area contributed by atoms with E-state index in [2.05, 4.69) is 0 Å². The van der Waals surface area contributed by atoms with E-state index < -0.39 is 16.1 Å². The molecule has 3 aromatic rings. The van der Waals surface area contributed by atoms with Crippen LogP contribution in [0.15, 0.2) is 70.0 Å². The molecular formula is C22H16N2O6S. The molecule has 0 saturated carbocycles. The summed E-state index contributed by atoms with van der Waals surface area (Å²) in [6.07, 6.45) is 1.50. The van der Waals surface area contributed by atoms with Crippen molar-refractivity contribution in [3.63, 3.8) is 0 Å². The Balaban J connectivity index is 1.59. The van der Waals surface area contributed by atoms with E-state index in [4.69, 9.17) is 9.15 Å². The van der Waals surface area contributed by atoms with Crippen LogP contribution in [0.5, 0.6) is 5.75 Å². The molecule has 4 rings (SSSR count). The molecule has 156 valence electrons.